The molecule has 1 aromatic carbocycles. The van der Waals surface area contributed by atoms with Gasteiger partial charge in [0.2, 0.25) is 5.91 Å². The average Bonchev–Trinajstić information content (AvgIpc) is 3.21. The molecular weight excluding hydrogens is 372 g/mol. The molecule has 2 atom stereocenters. The Labute approximate surface area is 170 Å². The summed E-state index contributed by atoms with van der Waals surface area (Å²) in [5.74, 6) is -2.72. The quantitative estimate of drug-likeness (QED) is 0.520. The first-order chi connectivity index (χ1) is 13.8. The first-order valence-electron chi connectivity index (χ1n) is 10.1. The lowest BCUT2D eigenvalue weighted by Crippen LogP contribution is -2.48. The van der Waals surface area contributed by atoms with Crippen LogP contribution in [-0.2, 0) is 9.59 Å². The summed E-state index contributed by atoms with van der Waals surface area (Å²) in [4.78, 5) is 36.4. The van der Waals surface area contributed by atoms with Crippen LogP contribution in [0.1, 0.15) is 62.7 Å². The molecule has 3 N–H and O–H groups in total. The minimum Gasteiger partial charge on any atom is -0.490 e. The molecule has 29 heavy (non-hydrogen) atoms. The maximum atomic E-state index is 12.5. The number of hydrazine groups is 1. The molecule has 7 heteroatoms. The molecule has 2 aliphatic rings. The van der Waals surface area contributed by atoms with Crippen LogP contribution in [0.5, 0.6) is 5.75 Å². The zero-order chi connectivity index (χ0) is 21.0. The highest BCUT2D eigenvalue weighted by Gasteiger charge is 2.37. The number of carboxylic acids is 1. The lowest BCUT2D eigenvalue weighted by Gasteiger charge is -2.29. The van der Waals surface area contributed by atoms with Gasteiger partial charge in [0.1, 0.15) is 5.75 Å². The van der Waals surface area contributed by atoms with Crippen molar-refractivity contribution in [1.29, 1.82) is 0 Å². The van der Waals surface area contributed by atoms with E-state index >= 15 is 0 Å². The summed E-state index contributed by atoms with van der Waals surface area (Å²) in [5.41, 5.74) is 7.18. The molecule has 156 valence electrons. The molecule has 2 amide bonds. The fraction of sp³-hybridized carbons (Fsp3) is 0.500. The maximum absolute atomic E-state index is 12.5. The minimum atomic E-state index is -0.999. The number of carbonyl (C=O) groups is 3. The van der Waals surface area contributed by atoms with Gasteiger partial charge in [-0.2, -0.15) is 0 Å². The van der Waals surface area contributed by atoms with Crippen LogP contribution in [0.25, 0.3) is 0 Å². The fourth-order valence-corrected chi connectivity index (χ4v) is 3.99. The van der Waals surface area contributed by atoms with Crippen LogP contribution in [0, 0.1) is 11.8 Å². The third-order valence-corrected chi connectivity index (χ3v) is 5.94. The Bertz CT molecular complexity index is 809. The van der Waals surface area contributed by atoms with Crippen LogP contribution in [0.4, 0.5) is 0 Å². The zero-order valence-corrected chi connectivity index (χ0v) is 16.9. The molecule has 0 unspecified atom stereocenters. The summed E-state index contributed by atoms with van der Waals surface area (Å²) in [6.45, 7) is 3.79. The van der Waals surface area contributed by atoms with Gasteiger partial charge in [0.15, 0.2) is 0 Å². The minimum absolute atomic E-state index is 0.243. The molecule has 3 rings (SSSR count). The number of aliphatic carboxylic acids is 1. The summed E-state index contributed by atoms with van der Waals surface area (Å²) in [5, 5.41) is 9.44. The van der Waals surface area contributed by atoms with Gasteiger partial charge in [-0.1, -0.05) is 11.1 Å². The van der Waals surface area contributed by atoms with Gasteiger partial charge in [-0.05, 0) is 76.6 Å². The van der Waals surface area contributed by atoms with E-state index in [-0.39, 0.29) is 6.10 Å². The number of hydrogen-bond donors (Lipinski definition) is 3. The molecule has 1 aromatic rings. The van der Waals surface area contributed by atoms with Crippen molar-refractivity contribution in [3.05, 3.63) is 41.0 Å². The van der Waals surface area contributed by atoms with Crippen molar-refractivity contribution in [3.63, 3.8) is 0 Å². The van der Waals surface area contributed by atoms with Crippen molar-refractivity contribution < 1.29 is 24.2 Å². The number of nitrogens with one attached hydrogen (secondary N) is 2. The van der Waals surface area contributed by atoms with Gasteiger partial charge in [0.25, 0.3) is 5.91 Å². The van der Waals surface area contributed by atoms with E-state index in [1.165, 1.54) is 12.8 Å². The first kappa shape index (κ1) is 20.9. The molecule has 0 radical (unpaired) electrons. The normalized spacial score (nSPS) is 22.3. The second kappa shape index (κ2) is 9.11. The van der Waals surface area contributed by atoms with E-state index in [9.17, 15) is 19.5 Å². The monoisotopic (exact) mass is 400 g/mol. The Morgan fingerprint density at radius 2 is 1.52 bits per heavy atom. The van der Waals surface area contributed by atoms with Crippen LogP contribution in [0.15, 0.2) is 35.4 Å². The Morgan fingerprint density at radius 1 is 0.931 bits per heavy atom. The van der Waals surface area contributed by atoms with Crippen molar-refractivity contribution in [1.82, 2.24) is 10.9 Å². The second-order valence-electron chi connectivity index (χ2n) is 8.01. The second-order valence-corrected chi connectivity index (χ2v) is 8.01. The van der Waals surface area contributed by atoms with Gasteiger partial charge in [-0.3, -0.25) is 25.2 Å². The first-order valence-corrected chi connectivity index (χ1v) is 10.1. The predicted octanol–water partition coefficient (Wildman–Crippen LogP) is 3.22. The molecule has 0 bridgehead atoms. The van der Waals surface area contributed by atoms with Crippen molar-refractivity contribution >= 4 is 17.8 Å². The Kier molecular flexibility index (Phi) is 6.56. The van der Waals surface area contributed by atoms with Crippen LogP contribution < -0.4 is 15.6 Å². The van der Waals surface area contributed by atoms with Gasteiger partial charge >= 0.3 is 5.97 Å². The van der Waals surface area contributed by atoms with E-state index in [1.54, 1.807) is 24.3 Å². The summed E-state index contributed by atoms with van der Waals surface area (Å²) in [7, 11) is 0. The average molecular weight is 400 g/mol. The summed E-state index contributed by atoms with van der Waals surface area (Å²) in [6.07, 6.45) is 5.44. The SMILES string of the molecule is CC1=C(C)C[C@@H](C(=O)O)[C@@H](C(=O)NNC(=O)c2ccc(OC3CCCC3)cc2)C1. The molecule has 7 nitrogen and oxygen atoms in total. The molecule has 0 saturated heterocycles. The lowest BCUT2D eigenvalue weighted by atomic mass is 9.76. The number of carbonyl (C=O) groups excluding carboxylic acids is 2. The van der Waals surface area contributed by atoms with Crippen molar-refractivity contribution in [2.45, 2.75) is 58.5 Å². The van der Waals surface area contributed by atoms with E-state index in [0.29, 0.717) is 18.4 Å². The van der Waals surface area contributed by atoms with Gasteiger partial charge < -0.3 is 9.84 Å². The van der Waals surface area contributed by atoms with E-state index in [0.717, 1.165) is 29.7 Å². The summed E-state index contributed by atoms with van der Waals surface area (Å²) < 4.78 is 5.88. The highest BCUT2D eigenvalue weighted by atomic mass is 16.5. The Hall–Kier alpha value is -2.83. The number of allylic oxidation sites excluding steroid dienone is 2. The molecule has 1 fully saturated rings. The topological polar surface area (TPSA) is 105 Å². The third kappa shape index (κ3) is 5.16. The number of amides is 2. The maximum Gasteiger partial charge on any atom is 0.307 e. The van der Waals surface area contributed by atoms with Gasteiger partial charge in [-0.25, -0.2) is 0 Å². The third-order valence-electron chi connectivity index (χ3n) is 5.94. The summed E-state index contributed by atoms with van der Waals surface area (Å²) in [6, 6.07) is 6.77. The van der Waals surface area contributed by atoms with E-state index in [1.807, 2.05) is 13.8 Å². The van der Waals surface area contributed by atoms with Crippen LogP contribution in [0.2, 0.25) is 0 Å². The molecule has 0 aromatic heterocycles. The number of benzene rings is 1. The Morgan fingerprint density at radius 3 is 2.10 bits per heavy atom. The fourth-order valence-electron chi connectivity index (χ4n) is 3.99. The van der Waals surface area contributed by atoms with Crippen LogP contribution >= 0.6 is 0 Å². The molecule has 0 aliphatic heterocycles. The number of carboxylic acid groups (broad SMARTS) is 1. The van der Waals surface area contributed by atoms with Gasteiger partial charge in [-0.15, -0.1) is 0 Å². The van der Waals surface area contributed by atoms with Crippen LogP contribution in [-0.4, -0.2) is 29.0 Å². The molecule has 1 saturated carbocycles. The van der Waals surface area contributed by atoms with E-state index in [2.05, 4.69) is 10.9 Å². The number of hydrogen-bond acceptors (Lipinski definition) is 4. The number of ether oxygens (including phenoxy) is 1. The Balaban J connectivity index is 1.55. The molecule has 0 spiro atoms. The van der Waals surface area contributed by atoms with E-state index in [4.69, 9.17) is 4.74 Å². The van der Waals surface area contributed by atoms with E-state index < -0.39 is 29.6 Å². The molecule has 0 heterocycles. The smallest absolute Gasteiger partial charge is 0.307 e. The van der Waals surface area contributed by atoms with Crippen molar-refractivity contribution in [3.8, 4) is 5.75 Å². The predicted molar refractivity (Wildman–Crippen MR) is 107 cm³/mol. The van der Waals surface area contributed by atoms with Crippen molar-refractivity contribution in [2.24, 2.45) is 11.8 Å². The van der Waals surface area contributed by atoms with Gasteiger partial charge in [0, 0.05) is 5.56 Å². The molecule has 2 aliphatic carbocycles. The van der Waals surface area contributed by atoms with Crippen molar-refractivity contribution in [2.75, 3.05) is 0 Å². The standard InChI is InChI=1S/C22H28N2O5/c1-13-11-18(19(22(27)28)12-14(13)2)21(26)24-23-20(25)15-7-9-17(10-8-15)29-16-5-3-4-6-16/h7-10,16,18-19H,3-6,11-12H2,1-2H3,(H,23,25)(H,24,26)(H,27,28)/t18-,19+/m0/s1. The van der Waals surface area contributed by atoms with Gasteiger partial charge in [0.05, 0.1) is 17.9 Å². The summed E-state index contributed by atoms with van der Waals surface area (Å²) >= 11 is 0. The highest BCUT2D eigenvalue weighted by molar-refractivity contribution is 5.96. The lowest BCUT2D eigenvalue weighted by molar-refractivity contribution is -0.147. The number of rotatable bonds is 5. The van der Waals surface area contributed by atoms with Crippen LogP contribution in [0.3, 0.4) is 0 Å². The molecular formula is C22H28N2O5. The zero-order valence-electron chi connectivity index (χ0n) is 16.9. The largest absolute Gasteiger partial charge is 0.490 e. The highest BCUT2D eigenvalue weighted by Crippen LogP contribution is 2.34.